The second-order valence-electron chi connectivity index (χ2n) is 6.83. The van der Waals surface area contributed by atoms with Crippen LogP contribution < -0.4 is 9.62 Å². The van der Waals surface area contributed by atoms with Crippen LogP contribution in [0.2, 0.25) is 0 Å². The second-order valence-corrected chi connectivity index (χ2v) is 9.00. The summed E-state index contributed by atoms with van der Waals surface area (Å²) in [5.74, 6) is -0.744. The molecule has 0 bridgehead atoms. The lowest BCUT2D eigenvalue weighted by Crippen LogP contribution is -2.37. The van der Waals surface area contributed by atoms with Gasteiger partial charge in [-0.2, -0.15) is 12.7 Å². The number of amides is 1. The van der Waals surface area contributed by atoms with Crippen molar-refractivity contribution in [3.63, 3.8) is 0 Å². The molecule has 0 saturated heterocycles. The molecule has 0 heterocycles. The molecule has 0 fully saturated rings. The molecule has 2 rings (SSSR count). The number of unbranched alkanes of at least 4 members (excludes halogenated alkanes) is 1. The Labute approximate surface area is 177 Å². The normalized spacial score (nSPS) is 11.2. The van der Waals surface area contributed by atoms with Crippen molar-refractivity contribution in [2.45, 2.75) is 19.8 Å². The number of ether oxygens (including phenoxy) is 1. The van der Waals surface area contributed by atoms with Crippen LogP contribution in [-0.4, -0.2) is 52.3 Å². The molecule has 8 nitrogen and oxygen atoms in total. The summed E-state index contributed by atoms with van der Waals surface area (Å²) in [7, 11) is 0.738. The van der Waals surface area contributed by atoms with Gasteiger partial charge in [-0.15, -0.1) is 0 Å². The summed E-state index contributed by atoms with van der Waals surface area (Å²) in [4.78, 5) is 24.4. The van der Waals surface area contributed by atoms with E-state index in [0.29, 0.717) is 29.1 Å². The summed E-state index contributed by atoms with van der Waals surface area (Å²) >= 11 is 0. The molecule has 0 aliphatic rings. The predicted octanol–water partition coefficient (Wildman–Crippen LogP) is 3.14. The van der Waals surface area contributed by atoms with Crippen molar-refractivity contribution in [2.24, 2.45) is 0 Å². The van der Waals surface area contributed by atoms with Gasteiger partial charge in [0.2, 0.25) is 0 Å². The highest BCUT2D eigenvalue weighted by molar-refractivity contribution is 7.90. The Morgan fingerprint density at radius 2 is 1.50 bits per heavy atom. The number of hydrogen-bond acceptors (Lipinski definition) is 5. The summed E-state index contributed by atoms with van der Waals surface area (Å²) in [5.41, 5.74) is 1.75. The Kier molecular flexibility index (Phi) is 7.96. The summed E-state index contributed by atoms with van der Waals surface area (Å²) in [6.07, 6.45) is 1.76. The predicted molar refractivity (Wildman–Crippen MR) is 117 cm³/mol. The minimum atomic E-state index is -3.60. The minimum absolute atomic E-state index is 0.349. The second kappa shape index (κ2) is 10.2. The number of benzene rings is 2. The minimum Gasteiger partial charge on any atom is -0.462 e. The number of carbonyl (C=O) groups excluding carboxylic acids is 2. The molecule has 30 heavy (non-hydrogen) atoms. The zero-order chi connectivity index (χ0) is 22.3. The summed E-state index contributed by atoms with van der Waals surface area (Å²) in [6, 6.07) is 12.6. The van der Waals surface area contributed by atoms with Gasteiger partial charge in [-0.05, 0) is 55.0 Å². The standard InChI is InChI=1S/C21H27N3O5S/c1-5-6-15-29-21(26)17-7-11-18(12-8-17)22-20(25)16-9-13-19(14-10-16)24(4)30(27,28)23(2)3/h7-14H,5-6,15H2,1-4H3,(H,22,25). The molecule has 0 aliphatic heterocycles. The molecule has 0 aromatic heterocycles. The number of carbonyl (C=O) groups is 2. The summed E-state index contributed by atoms with van der Waals surface area (Å²) < 4.78 is 31.8. The van der Waals surface area contributed by atoms with E-state index in [1.807, 2.05) is 6.92 Å². The Bertz CT molecular complexity index is 971. The van der Waals surface area contributed by atoms with Gasteiger partial charge in [0.1, 0.15) is 0 Å². The van der Waals surface area contributed by atoms with Gasteiger partial charge < -0.3 is 10.1 Å². The first kappa shape index (κ1) is 23.4. The van der Waals surface area contributed by atoms with Crippen molar-refractivity contribution < 1.29 is 22.7 Å². The summed E-state index contributed by atoms with van der Waals surface area (Å²) in [6.45, 7) is 2.40. The van der Waals surface area contributed by atoms with Gasteiger partial charge in [0, 0.05) is 32.4 Å². The van der Waals surface area contributed by atoms with Gasteiger partial charge in [0.15, 0.2) is 0 Å². The van der Waals surface area contributed by atoms with Crippen LogP contribution >= 0.6 is 0 Å². The molecule has 0 unspecified atom stereocenters. The third-order valence-corrected chi connectivity index (χ3v) is 6.24. The van der Waals surface area contributed by atoms with E-state index in [1.54, 1.807) is 48.5 Å². The third-order valence-electron chi connectivity index (χ3n) is 4.41. The lowest BCUT2D eigenvalue weighted by molar-refractivity contribution is 0.0499. The van der Waals surface area contributed by atoms with Crippen molar-refractivity contribution in [1.29, 1.82) is 0 Å². The average Bonchev–Trinajstić information content (AvgIpc) is 2.73. The van der Waals surface area contributed by atoms with E-state index in [-0.39, 0.29) is 5.91 Å². The lowest BCUT2D eigenvalue weighted by atomic mass is 10.1. The van der Waals surface area contributed by atoms with Crippen molar-refractivity contribution in [3.8, 4) is 0 Å². The maximum absolute atomic E-state index is 12.5. The van der Waals surface area contributed by atoms with Crippen LogP contribution in [0, 0.1) is 0 Å². The number of nitrogens with zero attached hydrogens (tertiary/aromatic N) is 2. The third kappa shape index (κ3) is 5.80. The fourth-order valence-corrected chi connectivity index (χ4v) is 3.36. The molecule has 0 saturated carbocycles. The van der Waals surface area contributed by atoms with Crippen LogP contribution in [0.5, 0.6) is 0 Å². The fourth-order valence-electron chi connectivity index (χ4n) is 2.49. The van der Waals surface area contributed by atoms with Gasteiger partial charge in [-0.25, -0.2) is 4.79 Å². The lowest BCUT2D eigenvalue weighted by Gasteiger charge is -2.23. The Morgan fingerprint density at radius 3 is 2.03 bits per heavy atom. The zero-order valence-electron chi connectivity index (χ0n) is 17.6. The van der Waals surface area contributed by atoms with Crippen LogP contribution in [0.3, 0.4) is 0 Å². The highest BCUT2D eigenvalue weighted by Crippen LogP contribution is 2.19. The van der Waals surface area contributed by atoms with Crippen LogP contribution in [0.25, 0.3) is 0 Å². The molecule has 9 heteroatoms. The molecule has 162 valence electrons. The Morgan fingerprint density at radius 1 is 0.933 bits per heavy atom. The average molecular weight is 434 g/mol. The number of hydrogen-bond donors (Lipinski definition) is 1. The fraction of sp³-hybridized carbons (Fsp3) is 0.333. The zero-order valence-corrected chi connectivity index (χ0v) is 18.4. The highest BCUT2D eigenvalue weighted by Gasteiger charge is 2.21. The van der Waals surface area contributed by atoms with E-state index in [0.717, 1.165) is 21.5 Å². The smallest absolute Gasteiger partial charge is 0.338 e. The van der Waals surface area contributed by atoms with E-state index < -0.39 is 16.2 Å². The highest BCUT2D eigenvalue weighted by atomic mass is 32.2. The van der Waals surface area contributed by atoms with Crippen molar-refractivity contribution in [1.82, 2.24) is 4.31 Å². The number of nitrogens with one attached hydrogen (secondary N) is 1. The van der Waals surface area contributed by atoms with E-state index >= 15 is 0 Å². The maximum Gasteiger partial charge on any atom is 0.338 e. The first-order valence-electron chi connectivity index (χ1n) is 9.51. The largest absolute Gasteiger partial charge is 0.462 e. The van der Waals surface area contributed by atoms with Gasteiger partial charge in [0.05, 0.1) is 17.9 Å². The van der Waals surface area contributed by atoms with Crippen LogP contribution in [0.15, 0.2) is 48.5 Å². The summed E-state index contributed by atoms with van der Waals surface area (Å²) in [5, 5.41) is 2.74. The van der Waals surface area contributed by atoms with E-state index in [9.17, 15) is 18.0 Å². The molecule has 0 spiro atoms. The topological polar surface area (TPSA) is 96.0 Å². The SMILES string of the molecule is CCCCOC(=O)c1ccc(NC(=O)c2ccc(N(C)S(=O)(=O)N(C)C)cc2)cc1. The maximum atomic E-state index is 12.5. The van der Waals surface area contributed by atoms with Crippen molar-refractivity contribution >= 4 is 33.5 Å². The monoisotopic (exact) mass is 433 g/mol. The Balaban J connectivity index is 2.02. The molecule has 0 atom stereocenters. The number of esters is 1. The van der Waals surface area contributed by atoms with Crippen LogP contribution in [-0.2, 0) is 14.9 Å². The van der Waals surface area contributed by atoms with Crippen LogP contribution in [0.1, 0.15) is 40.5 Å². The van der Waals surface area contributed by atoms with E-state index in [1.165, 1.54) is 21.1 Å². The number of anilines is 2. The molecule has 1 N–H and O–H groups in total. The van der Waals surface area contributed by atoms with Crippen LogP contribution in [0.4, 0.5) is 11.4 Å². The van der Waals surface area contributed by atoms with Gasteiger partial charge in [0.25, 0.3) is 5.91 Å². The first-order chi connectivity index (χ1) is 14.2. The number of rotatable bonds is 9. The Hall–Kier alpha value is -2.91. The first-order valence-corrected chi connectivity index (χ1v) is 10.9. The molecule has 0 aliphatic carbocycles. The molecular formula is C21H27N3O5S. The van der Waals surface area contributed by atoms with Gasteiger partial charge in [-0.1, -0.05) is 13.3 Å². The van der Waals surface area contributed by atoms with Gasteiger partial charge >= 0.3 is 16.2 Å². The van der Waals surface area contributed by atoms with Crippen molar-refractivity contribution in [2.75, 3.05) is 37.4 Å². The van der Waals surface area contributed by atoms with Crippen molar-refractivity contribution in [3.05, 3.63) is 59.7 Å². The van der Waals surface area contributed by atoms with E-state index in [4.69, 9.17) is 4.74 Å². The molecule has 2 aromatic rings. The molecule has 1 amide bonds. The quantitative estimate of drug-likeness (QED) is 0.484. The van der Waals surface area contributed by atoms with E-state index in [2.05, 4.69) is 5.32 Å². The molecule has 0 radical (unpaired) electrons. The molecule has 2 aromatic carbocycles. The molecular weight excluding hydrogens is 406 g/mol. The van der Waals surface area contributed by atoms with Gasteiger partial charge in [-0.3, -0.25) is 9.10 Å².